The largest absolute Gasteiger partial charge is 0.494 e. The maximum atomic E-state index is 13.2. The summed E-state index contributed by atoms with van der Waals surface area (Å²) in [6.45, 7) is 0. The molecular weight excluding hydrogens is 249 g/mol. The number of amides is 1. The zero-order chi connectivity index (χ0) is 13.8. The van der Waals surface area contributed by atoms with Crippen molar-refractivity contribution in [1.29, 1.82) is 0 Å². The minimum Gasteiger partial charge on any atom is -0.494 e. The average molecular weight is 261 g/mol. The predicted octanol–water partition coefficient (Wildman–Crippen LogP) is 2.06. The molecule has 19 heavy (non-hydrogen) atoms. The first-order valence-corrected chi connectivity index (χ1v) is 5.47. The molecule has 0 aliphatic heterocycles. The molecule has 2 aromatic rings. The number of halogens is 1. The van der Waals surface area contributed by atoms with Gasteiger partial charge in [0.05, 0.1) is 12.8 Å². The fourth-order valence-corrected chi connectivity index (χ4v) is 1.50. The highest BCUT2D eigenvalue weighted by Gasteiger charge is 2.11. The van der Waals surface area contributed by atoms with Gasteiger partial charge in [-0.2, -0.15) is 0 Å². The van der Waals surface area contributed by atoms with Gasteiger partial charge in [-0.1, -0.05) is 0 Å². The van der Waals surface area contributed by atoms with Crippen LogP contribution in [0, 0.1) is 5.82 Å². The summed E-state index contributed by atoms with van der Waals surface area (Å²) in [7, 11) is 1.33. The minimum absolute atomic E-state index is 0.00152. The molecule has 1 amide bonds. The van der Waals surface area contributed by atoms with E-state index in [-0.39, 0.29) is 17.1 Å². The highest BCUT2D eigenvalue weighted by molar-refractivity contribution is 6.05. The van der Waals surface area contributed by atoms with Gasteiger partial charge in [0.2, 0.25) is 0 Å². The number of anilines is 2. The van der Waals surface area contributed by atoms with Crippen LogP contribution in [-0.2, 0) is 0 Å². The maximum absolute atomic E-state index is 13.2. The summed E-state index contributed by atoms with van der Waals surface area (Å²) in [5, 5.41) is 2.54. The van der Waals surface area contributed by atoms with Crippen molar-refractivity contribution < 1.29 is 13.9 Å². The number of carbonyl (C=O) groups is 1. The zero-order valence-corrected chi connectivity index (χ0v) is 10.2. The minimum atomic E-state index is -0.531. The van der Waals surface area contributed by atoms with E-state index >= 15 is 0 Å². The molecule has 0 aliphatic carbocycles. The molecule has 0 saturated heterocycles. The summed E-state index contributed by atoms with van der Waals surface area (Å²) in [6, 6.07) is 7.10. The highest BCUT2D eigenvalue weighted by atomic mass is 19.1. The Morgan fingerprint density at radius 3 is 2.89 bits per heavy atom. The molecule has 0 spiro atoms. The van der Waals surface area contributed by atoms with Crippen molar-refractivity contribution in [3.05, 3.63) is 47.9 Å². The number of benzene rings is 1. The number of aromatic nitrogens is 1. The normalized spacial score (nSPS) is 10.0. The van der Waals surface area contributed by atoms with Gasteiger partial charge in [0.15, 0.2) is 17.4 Å². The van der Waals surface area contributed by atoms with E-state index in [0.29, 0.717) is 5.69 Å². The number of carbonyl (C=O) groups excluding carboxylic acids is 1. The van der Waals surface area contributed by atoms with Crippen LogP contribution in [0.2, 0.25) is 0 Å². The van der Waals surface area contributed by atoms with Gasteiger partial charge in [-0.15, -0.1) is 0 Å². The third kappa shape index (κ3) is 2.79. The van der Waals surface area contributed by atoms with Gasteiger partial charge >= 0.3 is 0 Å². The van der Waals surface area contributed by atoms with E-state index in [0.717, 1.165) is 6.07 Å². The molecule has 2 rings (SSSR count). The van der Waals surface area contributed by atoms with Crippen LogP contribution in [0.15, 0.2) is 36.5 Å². The molecule has 0 atom stereocenters. The summed E-state index contributed by atoms with van der Waals surface area (Å²) < 4.78 is 18.0. The summed E-state index contributed by atoms with van der Waals surface area (Å²) in [5.74, 6) is -0.711. The first-order chi connectivity index (χ1) is 9.11. The van der Waals surface area contributed by atoms with Gasteiger partial charge in [0.25, 0.3) is 5.91 Å². The molecule has 0 aliphatic rings. The van der Waals surface area contributed by atoms with E-state index in [1.165, 1.54) is 25.4 Å². The number of nitrogens with zero attached hydrogens (tertiary/aromatic N) is 1. The van der Waals surface area contributed by atoms with Crippen LogP contribution in [0.25, 0.3) is 0 Å². The van der Waals surface area contributed by atoms with Crippen LogP contribution >= 0.6 is 0 Å². The van der Waals surface area contributed by atoms with Crippen LogP contribution in [0.5, 0.6) is 5.75 Å². The molecule has 3 N–H and O–H groups in total. The van der Waals surface area contributed by atoms with Crippen molar-refractivity contribution in [3.63, 3.8) is 0 Å². The summed E-state index contributed by atoms with van der Waals surface area (Å²) in [5.41, 5.74) is 6.27. The Morgan fingerprint density at radius 1 is 1.42 bits per heavy atom. The summed E-state index contributed by atoms with van der Waals surface area (Å²) >= 11 is 0. The Bertz CT molecular complexity index is 617. The van der Waals surface area contributed by atoms with Gasteiger partial charge in [-0.25, -0.2) is 9.37 Å². The molecule has 1 aromatic heterocycles. The van der Waals surface area contributed by atoms with E-state index in [2.05, 4.69) is 10.3 Å². The number of methoxy groups -OCH3 is 1. The van der Waals surface area contributed by atoms with E-state index in [1.54, 1.807) is 12.1 Å². The number of hydrogen-bond acceptors (Lipinski definition) is 4. The lowest BCUT2D eigenvalue weighted by atomic mass is 10.2. The van der Waals surface area contributed by atoms with E-state index < -0.39 is 11.7 Å². The van der Waals surface area contributed by atoms with E-state index in [1.807, 2.05) is 0 Å². The zero-order valence-electron chi connectivity index (χ0n) is 10.2. The van der Waals surface area contributed by atoms with Crippen LogP contribution in [-0.4, -0.2) is 18.0 Å². The van der Waals surface area contributed by atoms with Gasteiger partial charge in [0, 0.05) is 11.8 Å². The third-order valence-electron chi connectivity index (χ3n) is 2.48. The van der Waals surface area contributed by atoms with Crippen LogP contribution in [0.1, 0.15) is 10.4 Å². The molecular formula is C13H12FN3O2. The fraction of sp³-hybridized carbons (Fsp3) is 0.0769. The number of ether oxygens (including phenoxy) is 1. The Labute approximate surface area is 109 Å². The molecule has 0 bridgehead atoms. The van der Waals surface area contributed by atoms with E-state index in [9.17, 15) is 9.18 Å². The van der Waals surface area contributed by atoms with Crippen molar-refractivity contribution in [1.82, 2.24) is 4.98 Å². The van der Waals surface area contributed by atoms with Crippen LogP contribution in [0.3, 0.4) is 0 Å². The van der Waals surface area contributed by atoms with Crippen molar-refractivity contribution in [2.75, 3.05) is 18.2 Å². The quantitative estimate of drug-likeness (QED) is 0.886. The SMILES string of the molecule is COc1cc(C(=O)Nc2ncccc2N)ccc1F. The lowest BCUT2D eigenvalue weighted by molar-refractivity contribution is 0.102. The molecule has 0 saturated carbocycles. The molecule has 98 valence electrons. The topological polar surface area (TPSA) is 77.2 Å². The number of nitrogens with one attached hydrogen (secondary N) is 1. The molecule has 6 heteroatoms. The number of pyridine rings is 1. The van der Waals surface area contributed by atoms with Crippen molar-refractivity contribution in [2.24, 2.45) is 0 Å². The van der Waals surface area contributed by atoms with Crippen LogP contribution < -0.4 is 15.8 Å². The second-order valence-corrected chi connectivity index (χ2v) is 3.74. The first-order valence-electron chi connectivity index (χ1n) is 5.47. The number of rotatable bonds is 3. The smallest absolute Gasteiger partial charge is 0.257 e. The maximum Gasteiger partial charge on any atom is 0.257 e. The average Bonchev–Trinajstić information content (AvgIpc) is 2.42. The Balaban J connectivity index is 2.23. The second-order valence-electron chi connectivity index (χ2n) is 3.74. The van der Waals surface area contributed by atoms with Gasteiger partial charge in [-0.05, 0) is 30.3 Å². The molecule has 5 nitrogen and oxygen atoms in total. The van der Waals surface area contributed by atoms with Crippen LogP contribution in [0.4, 0.5) is 15.9 Å². The fourth-order valence-electron chi connectivity index (χ4n) is 1.50. The second kappa shape index (κ2) is 5.34. The highest BCUT2D eigenvalue weighted by Crippen LogP contribution is 2.20. The Kier molecular flexibility index (Phi) is 3.61. The summed E-state index contributed by atoms with van der Waals surface area (Å²) in [6.07, 6.45) is 1.51. The van der Waals surface area contributed by atoms with Crippen molar-refractivity contribution in [3.8, 4) is 5.75 Å². The number of hydrogen-bond donors (Lipinski definition) is 2. The van der Waals surface area contributed by atoms with E-state index in [4.69, 9.17) is 10.5 Å². The van der Waals surface area contributed by atoms with Gasteiger partial charge in [0.1, 0.15) is 0 Å². The van der Waals surface area contributed by atoms with Gasteiger partial charge < -0.3 is 15.8 Å². The lowest BCUT2D eigenvalue weighted by Gasteiger charge is -2.08. The molecule has 1 aromatic carbocycles. The lowest BCUT2D eigenvalue weighted by Crippen LogP contribution is -2.14. The predicted molar refractivity (Wildman–Crippen MR) is 69.6 cm³/mol. The Morgan fingerprint density at radius 2 is 2.21 bits per heavy atom. The van der Waals surface area contributed by atoms with Crippen molar-refractivity contribution in [2.45, 2.75) is 0 Å². The monoisotopic (exact) mass is 261 g/mol. The molecule has 1 heterocycles. The summed E-state index contributed by atoms with van der Waals surface area (Å²) in [4.78, 5) is 15.9. The Hall–Kier alpha value is -2.63. The third-order valence-corrected chi connectivity index (χ3v) is 2.48. The van der Waals surface area contributed by atoms with Crippen molar-refractivity contribution >= 4 is 17.4 Å². The number of nitrogen functional groups attached to an aromatic ring is 1. The molecule has 0 unspecified atom stereocenters. The molecule has 0 fully saturated rings. The first kappa shape index (κ1) is 12.8. The number of nitrogens with two attached hydrogens (primary N) is 1. The molecule has 0 radical (unpaired) electrons. The standard InChI is InChI=1S/C13H12FN3O2/c1-19-11-7-8(4-5-9(11)14)13(18)17-12-10(15)3-2-6-16-12/h2-7H,15H2,1H3,(H,16,17,18). The van der Waals surface area contributed by atoms with Gasteiger partial charge in [-0.3, -0.25) is 4.79 Å².